The zero-order valence-electron chi connectivity index (χ0n) is 12.2. The van der Waals surface area contributed by atoms with Gasteiger partial charge in [0.15, 0.2) is 5.03 Å². The Labute approximate surface area is 120 Å². The van der Waals surface area contributed by atoms with E-state index in [4.69, 9.17) is 5.73 Å². The smallest absolute Gasteiger partial charge is 0.262 e. The molecule has 6 nitrogen and oxygen atoms in total. The summed E-state index contributed by atoms with van der Waals surface area (Å²) in [5.41, 5.74) is 6.94. The van der Waals surface area contributed by atoms with Gasteiger partial charge in [-0.1, -0.05) is 19.3 Å². The normalized spacial score (nSPS) is 17.8. The first-order valence-corrected chi connectivity index (χ1v) is 8.61. The lowest BCUT2D eigenvalue weighted by atomic mass is 9.89. The molecule has 2 rings (SSSR count). The second-order valence-electron chi connectivity index (χ2n) is 5.63. The summed E-state index contributed by atoms with van der Waals surface area (Å²) in [5.74, 6) is 0.463. The number of nitrogens with two attached hydrogens (primary N) is 1. The van der Waals surface area contributed by atoms with Gasteiger partial charge in [0.25, 0.3) is 10.0 Å². The van der Waals surface area contributed by atoms with Gasteiger partial charge in [0.05, 0.1) is 0 Å². The molecule has 3 N–H and O–H groups in total. The number of hydrogen-bond acceptors (Lipinski definition) is 4. The van der Waals surface area contributed by atoms with Crippen molar-refractivity contribution in [3.05, 3.63) is 11.3 Å². The lowest BCUT2D eigenvalue weighted by molar-refractivity contribution is 0.299. The lowest BCUT2D eigenvalue weighted by Gasteiger charge is -2.26. The van der Waals surface area contributed by atoms with Crippen molar-refractivity contribution in [3.8, 4) is 0 Å². The van der Waals surface area contributed by atoms with Crippen molar-refractivity contribution in [2.45, 2.75) is 50.6 Å². The molecule has 1 saturated carbocycles. The number of aryl methyl sites for hydroxylation is 1. The van der Waals surface area contributed by atoms with Crippen LogP contribution in [0.15, 0.2) is 5.03 Å². The molecule has 20 heavy (non-hydrogen) atoms. The molecule has 1 heterocycles. The Morgan fingerprint density at radius 3 is 2.60 bits per heavy atom. The standard InChI is InChI=1S/C13H24N4O2S/c1-10-12(8-14)13(16-15-10)20(18,19)17(2)9-11-6-4-3-5-7-11/h11H,3-9,14H2,1-2H3,(H,15,16). The Morgan fingerprint density at radius 1 is 1.35 bits per heavy atom. The molecule has 1 aliphatic rings. The van der Waals surface area contributed by atoms with Crippen LogP contribution in [0.2, 0.25) is 0 Å². The minimum atomic E-state index is -3.55. The number of aromatic nitrogens is 2. The molecule has 0 radical (unpaired) electrons. The third kappa shape index (κ3) is 3.05. The molecular formula is C13H24N4O2S. The van der Waals surface area contributed by atoms with Crippen molar-refractivity contribution in [1.29, 1.82) is 0 Å². The second-order valence-corrected chi connectivity index (χ2v) is 7.59. The van der Waals surface area contributed by atoms with Crippen LogP contribution in [0, 0.1) is 12.8 Å². The second kappa shape index (κ2) is 6.24. The lowest BCUT2D eigenvalue weighted by Crippen LogP contribution is -2.33. The Morgan fingerprint density at radius 2 is 2.00 bits per heavy atom. The Hall–Kier alpha value is -0.920. The van der Waals surface area contributed by atoms with E-state index in [1.165, 1.54) is 23.6 Å². The largest absolute Gasteiger partial charge is 0.326 e. The number of sulfonamides is 1. The van der Waals surface area contributed by atoms with Gasteiger partial charge in [0, 0.05) is 31.4 Å². The van der Waals surface area contributed by atoms with Crippen molar-refractivity contribution in [2.24, 2.45) is 11.7 Å². The third-order valence-electron chi connectivity index (χ3n) is 4.13. The summed E-state index contributed by atoms with van der Waals surface area (Å²) >= 11 is 0. The molecule has 0 saturated heterocycles. The summed E-state index contributed by atoms with van der Waals surface area (Å²) < 4.78 is 26.6. The summed E-state index contributed by atoms with van der Waals surface area (Å²) in [7, 11) is -1.92. The first kappa shape index (κ1) is 15.5. The van der Waals surface area contributed by atoms with Crippen molar-refractivity contribution in [2.75, 3.05) is 13.6 Å². The number of hydrogen-bond donors (Lipinski definition) is 2. The molecule has 1 aromatic rings. The van der Waals surface area contributed by atoms with E-state index >= 15 is 0 Å². The van der Waals surface area contributed by atoms with Crippen molar-refractivity contribution >= 4 is 10.0 Å². The van der Waals surface area contributed by atoms with E-state index in [-0.39, 0.29) is 11.6 Å². The van der Waals surface area contributed by atoms with Gasteiger partial charge in [-0.05, 0) is 25.7 Å². The average molecular weight is 300 g/mol. The van der Waals surface area contributed by atoms with Gasteiger partial charge in [-0.2, -0.15) is 9.40 Å². The zero-order chi connectivity index (χ0) is 14.8. The average Bonchev–Trinajstić information content (AvgIpc) is 2.81. The quantitative estimate of drug-likeness (QED) is 0.859. The minimum Gasteiger partial charge on any atom is -0.326 e. The first-order chi connectivity index (χ1) is 9.46. The zero-order valence-corrected chi connectivity index (χ0v) is 13.0. The number of nitrogens with zero attached hydrogens (tertiary/aromatic N) is 2. The third-order valence-corrected chi connectivity index (χ3v) is 5.93. The first-order valence-electron chi connectivity index (χ1n) is 7.17. The van der Waals surface area contributed by atoms with E-state index in [1.807, 2.05) is 0 Å². The van der Waals surface area contributed by atoms with Gasteiger partial charge in [-0.25, -0.2) is 8.42 Å². The van der Waals surface area contributed by atoms with Gasteiger partial charge < -0.3 is 5.73 Å². The van der Waals surface area contributed by atoms with E-state index in [0.717, 1.165) is 18.5 Å². The van der Waals surface area contributed by atoms with E-state index in [0.29, 0.717) is 18.0 Å². The number of H-pyrrole nitrogens is 1. The summed E-state index contributed by atoms with van der Waals surface area (Å²) in [6.07, 6.45) is 5.90. The molecule has 0 unspecified atom stereocenters. The highest BCUT2D eigenvalue weighted by Gasteiger charge is 2.29. The van der Waals surface area contributed by atoms with Crippen LogP contribution < -0.4 is 5.73 Å². The number of aromatic amines is 1. The van der Waals surface area contributed by atoms with Crippen LogP contribution in [-0.2, 0) is 16.6 Å². The fourth-order valence-corrected chi connectivity index (χ4v) is 4.27. The fourth-order valence-electron chi connectivity index (χ4n) is 2.86. The Bertz CT molecular complexity index is 547. The van der Waals surface area contributed by atoms with Crippen LogP contribution in [-0.4, -0.2) is 36.5 Å². The molecule has 0 aromatic carbocycles. The summed E-state index contributed by atoms with van der Waals surface area (Å²) in [6.45, 7) is 2.53. The summed E-state index contributed by atoms with van der Waals surface area (Å²) in [5, 5.41) is 6.73. The number of nitrogens with one attached hydrogen (secondary N) is 1. The van der Waals surface area contributed by atoms with E-state index in [2.05, 4.69) is 10.2 Å². The van der Waals surface area contributed by atoms with Crippen molar-refractivity contribution in [3.63, 3.8) is 0 Å². The molecule has 0 atom stereocenters. The van der Waals surface area contributed by atoms with Crippen LogP contribution in [0.5, 0.6) is 0 Å². The van der Waals surface area contributed by atoms with Gasteiger partial charge in [-0.15, -0.1) is 0 Å². The predicted molar refractivity (Wildman–Crippen MR) is 77.6 cm³/mol. The molecule has 0 spiro atoms. The predicted octanol–water partition coefficient (Wildman–Crippen LogP) is 1.38. The maximum atomic E-state index is 12.6. The topological polar surface area (TPSA) is 92.1 Å². The minimum absolute atomic E-state index is 0.0795. The highest BCUT2D eigenvalue weighted by molar-refractivity contribution is 7.89. The van der Waals surface area contributed by atoms with Crippen LogP contribution >= 0.6 is 0 Å². The van der Waals surface area contributed by atoms with Crippen LogP contribution in [0.4, 0.5) is 0 Å². The molecule has 0 bridgehead atoms. The van der Waals surface area contributed by atoms with Crippen LogP contribution in [0.1, 0.15) is 43.4 Å². The molecule has 1 aliphatic carbocycles. The van der Waals surface area contributed by atoms with Gasteiger partial charge in [-0.3, -0.25) is 5.10 Å². The molecule has 114 valence electrons. The van der Waals surface area contributed by atoms with Crippen molar-refractivity contribution < 1.29 is 8.42 Å². The maximum absolute atomic E-state index is 12.6. The van der Waals surface area contributed by atoms with Crippen molar-refractivity contribution in [1.82, 2.24) is 14.5 Å². The Kier molecular flexibility index (Phi) is 4.82. The molecule has 0 aliphatic heterocycles. The molecule has 1 aromatic heterocycles. The van der Waals surface area contributed by atoms with Crippen LogP contribution in [0.25, 0.3) is 0 Å². The van der Waals surface area contributed by atoms with Gasteiger partial charge in [0.2, 0.25) is 0 Å². The van der Waals surface area contributed by atoms with E-state index in [9.17, 15) is 8.42 Å². The highest BCUT2D eigenvalue weighted by atomic mass is 32.2. The molecule has 7 heteroatoms. The molecular weight excluding hydrogens is 276 g/mol. The molecule has 1 fully saturated rings. The van der Waals surface area contributed by atoms with E-state index < -0.39 is 10.0 Å². The summed E-state index contributed by atoms with van der Waals surface area (Å²) in [4.78, 5) is 0. The maximum Gasteiger partial charge on any atom is 0.262 e. The van der Waals surface area contributed by atoms with Crippen LogP contribution in [0.3, 0.4) is 0 Å². The number of rotatable bonds is 5. The Balaban J connectivity index is 2.16. The molecule has 0 amide bonds. The SMILES string of the molecule is Cc1[nH]nc(S(=O)(=O)N(C)CC2CCCCC2)c1CN. The fraction of sp³-hybridized carbons (Fsp3) is 0.769. The van der Waals surface area contributed by atoms with Gasteiger partial charge in [0.1, 0.15) is 0 Å². The monoisotopic (exact) mass is 300 g/mol. The van der Waals surface area contributed by atoms with Gasteiger partial charge >= 0.3 is 0 Å². The van der Waals surface area contributed by atoms with E-state index in [1.54, 1.807) is 14.0 Å². The highest BCUT2D eigenvalue weighted by Crippen LogP contribution is 2.26. The summed E-state index contributed by atoms with van der Waals surface area (Å²) in [6, 6.07) is 0.